The van der Waals surface area contributed by atoms with Gasteiger partial charge in [0.1, 0.15) is 12.1 Å². The lowest BCUT2D eigenvalue weighted by molar-refractivity contribution is -0.121. The topological polar surface area (TPSA) is 68.9 Å². The molecule has 0 aliphatic carbocycles. The van der Waals surface area contributed by atoms with Gasteiger partial charge in [-0.25, -0.2) is 4.68 Å². The van der Waals surface area contributed by atoms with Crippen LogP contribution in [0.15, 0.2) is 35.3 Å². The average Bonchev–Trinajstić information content (AvgIpc) is 2.92. The molecule has 0 aliphatic heterocycles. The van der Waals surface area contributed by atoms with Gasteiger partial charge in [-0.2, -0.15) is 5.10 Å². The lowest BCUT2D eigenvalue weighted by atomic mass is 10.1. The molecule has 26 heavy (non-hydrogen) atoms. The van der Waals surface area contributed by atoms with Gasteiger partial charge in [0, 0.05) is 29.4 Å². The molecule has 2 aromatic heterocycles. The van der Waals surface area contributed by atoms with Gasteiger partial charge >= 0.3 is 0 Å². The molecule has 1 aromatic carbocycles. The van der Waals surface area contributed by atoms with Crippen LogP contribution in [0.1, 0.15) is 33.6 Å². The summed E-state index contributed by atoms with van der Waals surface area (Å²) >= 11 is 0. The van der Waals surface area contributed by atoms with Gasteiger partial charge < -0.3 is 9.88 Å². The number of nitrogens with zero attached hydrogens (tertiary/aromatic N) is 3. The third-order valence-corrected chi connectivity index (χ3v) is 4.56. The summed E-state index contributed by atoms with van der Waals surface area (Å²) in [5, 5.41) is 8.97. The fraction of sp³-hybridized carbons (Fsp3) is 0.450. The van der Waals surface area contributed by atoms with Crippen LogP contribution in [0.5, 0.6) is 0 Å². The Kier molecular flexibility index (Phi) is 5.40. The number of carbonyl (C=O) groups is 1. The Morgan fingerprint density at radius 2 is 2.00 bits per heavy atom. The maximum atomic E-state index is 13.0. The number of carbonyl (C=O) groups excluding carboxylic acids is 1. The monoisotopic (exact) mass is 354 g/mol. The second-order valence-electron chi connectivity index (χ2n) is 7.07. The fourth-order valence-corrected chi connectivity index (χ4v) is 3.25. The summed E-state index contributed by atoms with van der Waals surface area (Å²) in [6.45, 7) is 7.62. The van der Waals surface area contributed by atoms with E-state index in [-0.39, 0.29) is 18.0 Å². The highest BCUT2D eigenvalue weighted by molar-refractivity contribution is 6.07. The first kappa shape index (κ1) is 18.2. The van der Waals surface area contributed by atoms with Gasteiger partial charge in [0.15, 0.2) is 0 Å². The smallest absolute Gasteiger partial charge is 0.291 e. The molecule has 0 saturated heterocycles. The minimum Gasteiger partial charge on any atom is -0.354 e. The minimum absolute atomic E-state index is 0.0550. The highest BCUT2D eigenvalue weighted by atomic mass is 16.2. The Balaban J connectivity index is 1.97. The van der Waals surface area contributed by atoms with Crippen LogP contribution < -0.4 is 10.9 Å². The summed E-state index contributed by atoms with van der Waals surface area (Å²) in [6.07, 6.45) is 3.54. The lowest BCUT2D eigenvalue weighted by Gasteiger charge is -2.09. The number of nitrogens with one attached hydrogen (secondary N) is 1. The molecular formula is C20H26N4O2. The van der Waals surface area contributed by atoms with Crippen molar-refractivity contribution in [3.63, 3.8) is 0 Å². The van der Waals surface area contributed by atoms with E-state index >= 15 is 0 Å². The van der Waals surface area contributed by atoms with Gasteiger partial charge in [0.05, 0.1) is 6.20 Å². The molecule has 3 rings (SSSR count). The van der Waals surface area contributed by atoms with Crippen LogP contribution in [0.4, 0.5) is 0 Å². The molecule has 2 heterocycles. The van der Waals surface area contributed by atoms with Crippen molar-refractivity contribution in [3.8, 4) is 0 Å². The van der Waals surface area contributed by atoms with Gasteiger partial charge in [-0.3, -0.25) is 9.59 Å². The molecule has 0 bridgehead atoms. The Morgan fingerprint density at radius 3 is 2.73 bits per heavy atom. The summed E-state index contributed by atoms with van der Waals surface area (Å²) in [7, 11) is 0. The molecule has 0 spiro atoms. The number of fused-ring (bicyclic) bond motifs is 3. The molecular weight excluding hydrogens is 328 g/mol. The molecule has 3 aromatic rings. The summed E-state index contributed by atoms with van der Waals surface area (Å²) in [4.78, 5) is 25.2. The molecule has 0 aliphatic rings. The predicted molar refractivity (Wildman–Crippen MR) is 104 cm³/mol. The zero-order valence-electron chi connectivity index (χ0n) is 15.7. The maximum Gasteiger partial charge on any atom is 0.291 e. The van der Waals surface area contributed by atoms with Crippen molar-refractivity contribution in [2.75, 3.05) is 6.54 Å². The number of amides is 1. The van der Waals surface area contributed by atoms with Crippen LogP contribution in [-0.2, 0) is 17.9 Å². The van der Waals surface area contributed by atoms with Gasteiger partial charge in [0.25, 0.3) is 5.56 Å². The molecule has 1 amide bonds. The van der Waals surface area contributed by atoms with E-state index in [1.165, 1.54) is 4.68 Å². The SMILES string of the molecule is CCCn1c2ccccc2c2cnn(CC(=O)NCCC(C)C)c(=O)c21. The number of aryl methyl sites for hydroxylation is 1. The molecule has 138 valence electrons. The van der Waals surface area contributed by atoms with Crippen molar-refractivity contribution in [2.24, 2.45) is 5.92 Å². The Hall–Kier alpha value is -2.63. The third-order valence-electron chi connectivity index (χ3n) is 4.56. The summed E-state index contributed by atoms with van der Waals surface area (Å²) in [5.74, 6) is 0.343. The molecule has 0 fully saturated rings. The van der Waals surface area contributed by atoms with Crippen LogP contribution in [0.2, 0.25) is 0 Å². The van der Waals surface area contributed by atoms with E-state index in [4.69, 9.17) is 0 Å². The first-order valence-electron chi connectivity index (χ1n) is 9.26. The molecule has 0 atom stereocenters. The normalized spacial score (nSPS) is 11.5. The van der Waals surface area contributed by atoms with Crippen molar-refractivity contribution in [1.29, 1.82) is 0 Å². The van der Waals surface area contributed by atoms with Crippen LogP contribution in [-0.4, -0.2) is 26.8 Å². The highest BCUT2D eigenvalue weighted by Crippen LogP contribution is 2.26. The number of rotatable bonds is 7. The highest BCUT2D eigenvalue weighted by Gasteiger charge is 2.16. The summed E-state index contributed by atoms with van der Waals surface area (Å²) < 4.78 is 3.31. The fourth-order valence-electron chi connectivity index (χ4n) is 3.25. The number of para-hydroxylation sites is 1. The van der Waals surface area contributed by atoms with Gasteiger partial charge in [-0.05, 0) is 24.8 Å². The molecule has 6 heteroatoms. The lowest BCUT2D eigenvalue weighted by Crippen LogP contribution is -2.34. The van der Waals surface area contributed by atoms with E-state index in [1.807, 2.05) is 28.8 Å². The first-order chi connectivity index (χ1) is 12.5. The zero-order valence-corrected chi connectivity index (χ0v) is 15.7. The van der Waals surface area contributed by atoms with Gasteiger partial charge in [-0.1, -0.05) is 39.0 Å². The Bertz CT molecular complexity index is 985. The number of benzene rings is 1. The Labute approximate surface area is 152 Å². The number of hydrogen-bond acceptors (Lipinski definition) is 3. The number of aromatic nitrogens is 3. The molecule has 0 saturated carbocycles. The maximum absolute atomic E-state index is 13.0. The quantitative estimate of drug-likeness (QED) is 0.709. The van der Waals surface area contributed by atoms with Crippen molar-refractivity contribution >= 4 is 27.7 Å². The second kappa shape index (κ2) is 7.72. The van der Waals surface area contributed by atoms with E-state index in [1.54, 1.807) is 6.20 Å². The summed E-state index contributed by atoms with van der Waals surface area (Å²) in [5.41, 5.74) is 1.44. The van der Waals surface area contributed by atoms with Crippen molar-refractivity contribution in [3.05, 3.63) is 40.8 Å². The first-order valence-corrected chi connectivity index (χ1v) is 9.26. The average molecular weight is 354 g/mol. The molecule has 6 nitrogen and oxygen atoms in total. The van der Waals surface area contributed by atoms with Gasteiger partial charge in [0.2, 0.25) is 5.91 Å². The standard InChI is InChI=1S/C20H26N4O2/c1-4-11-23-17-8-6-5-7-15(17)16-12-22-24(20(26)19(16)23)13-18(25)21-10-9-14(2)3/h5-8,12,14H,4,9-11,13H2,1-3H3,(H,21,25). The minimum atomic E-state index is -0.217. The van der Waals surface area contributed by atoms with E-state index in [0.717, 1.165) is 35.7 Å². The van der Waals surface area contributed by atoms with Crippen LogP contribution >= 0.6 is 0 Å². The zero-order chi connectivity index (χ0) is 18.7. The van der Waals surface area contributed by atoms with Crippen molar-refractivity contribution in [1.82, 2.24) is 19.7 Å². The largest absolute Gasteiger partial charge is 0.354 e. The van der Waals surface area contributed by atoms with E-state index in [2.05, 4.69) is 31.2 Å². The van der Waals surface area contributed by atoms with E-state index in [9.17, 15) is 9.59 Å². The number of hydrogen-bond donors (Lipinski definition) is 1. The van der Waals surface area contributed by atoms with Crippen LogP contribution in [0.25, 0.3) is 21.8 Å². The van der Waals surface area contributed by atoms with Crippen molar-refractivity contribution < 1.29 is 4.79 Å². The van der Waals surface area contributed by atoms with Crippen LogP contribution in [0, 0.1) is 5.92 Å². The van der Waals surface area contributed by atoms with Gasteiger partial charge in [-0.15, -0.1) is 0 Å². The second-order valence-corrected chi connectivity index (χ2v) is 7.07. The molecule has 0 radical (unpaired) electrons. The van der Waals surface area contributed by atoms with E-state index in [0.29, 0.717) is 18.0 Å². The third kappa shape index (κ3) is 3.49. The van der Waals surface area contributed by atoms with Crippen LogP contribution in [0.3, 0.4) is 0 Å². The Morgan fingerprint density at radius 1 is 1.23 bits per heavy atom. The van der Waals surface area contributed by atoms with Crippen molar-refractivity contribution in [2.45, 2.75) is 46.7 Å². The summed E-state index contributed by atoms with van der Waals surface area (Å²) in [6, 6.07) is 7.97. The predicted octanol–water partition coefficient (Wildman–Crippen LogP) is 2.92. The van der Waals surface area contributed by atoms with E-state index < -0.39 is 0 Å². The molecule has 0 unspecified atom stereocenters. The molecule has 1 N–H and O–H groups in total.